The van der Waals surface area contributed by atoms with Gasteiger partial charge in [-0.2, -0.15) is 4.72 Å². The Morgan fingerprint density at radius 2 is 1.73 bits per heavy atom. The van der Waals surface area contributed by atoms with E-state index in [4.69, 9.17) is 5.73 Å². The number of nitrogens with two attached hydrogens (primary N) is 1. The van der Waals surface area contributed by atoms with Gasteiger partial charge in [-0.15, -0.1) is 0 Å². The van der Waals surface area contributed by atoms with Gasteiger partial charge in [0.1, 0.15) is 6.04 Å². The summed E-state index contributed by atoms with van der Waals surface area (Å²) in [5.74, 6) is -1.68. The number of nitrogens with one attached hydrogen (secondary N) is 1. The fourth-order valence-corrected chi connectivity index (χ4v) is 3.94. The molecule has 122 valence electrons. The molecule has 1 unspecified atom stereocenters. The molecule has 0 bridgehead atoms. The number of sulfonamides is 1. The average molecular weight is 328 g/mol. The van der Waals surface area contributed by atoms with E-state index < -0.39 is 34.4 Å². The van der Waals surface area contributed by atoms with Gasteiger partial charge in [0.15, 0.2) is 0 Å². The van der Waals surface area contributed by atoms with Crippen molar-refractivity contribution in [2.45, 2.75) is 38.1 Å². The van der Waals surface area contributed by atoms with Gasteiger partial charge in [0.25, 0.3) is 0 Å². The zero-order valence-electron chi connectivity index (χ0n) is 13.0. The van der Waals surface area contributed by atoms with Crippen molar-refractivity contribution in [2.75, 3.05) is 7.11 Å². The fraction of sp³-hybridized carbons (Fsp3) is 0.429. The largest absolute Gasteiger partial charge is 0.469 e. The summed E-state index contributed by atoms with van der Waals surface area (Å²) in [6, 6.07) is 2.08. The Bertz CT molecular complexity index is 674. The van der Waals surface area contributed by atoms with Crippen LogP contribution in [0.5, 0.6) is 0 Å². The van der Waals surface area contributed by atoms with E-state index in [1.807, 2.05) is 6.92 Å². The molecule has 0 heterocycles. The quantitative estimate of drug-likeness (QED) is 0.729. The summed E-state index contributed by atoms with van der Waals surface area (Å²) in [5.41, 5.74) is 7.17. The molecule has 22 heavy (non-hydrogen) atoms. The number of amides is 1. The number of ether oxygens (including phenoxy) is 1. The number of benzene rings is 1. The molecule has 8 heteroatoms. The van der Waals surface area contributed by atoms with Crippen molar-refractivity contribution in [3.05, 3.63) is 28.8 Å². The predicted molar refractivity (Wildman–Crippen MR) is 80.6 cm³/mol. The van der Waals surface area contributed by atoms with E-state index in [2.05, 4.69) is 9.46 Å². The minimum Gasteiger partial charge on any atom is -0.469 e. The second-order valence-corrected chi connectivity index (χ2v) is 6.74. The average Bonchev–Trinajstić information content (AvgIpc) is 2.35. The Morgan fingerprint density at radius 3 is 2.14 bits per heavy atom. The van der Waals surface area contributed by atoms with Crippen molar-refractivity contribution in [1.82, 2.24) is 4.72 Å². The Kier molecular flexibility index (Phi) is 5.67. The lowest BCUT2D eigenvalue weighted by molar-refractivity contribution is -0.142. The monoisotopic (exact) mass is 328 g/mol. The highest BCUT2D eigenvalue weighted by Gasteiger charge is 2.28. The van der Waals surface area contributed by atoms with Crippen LogP contribution in [0.4, 0.5) is 0 Å². The molecule has 0 aliphatic rings. The molecule has 1 amide bonds. The summed E-state index contributed by atoms with van der Waals surface area (Å²) in [4.78, 5) is 22.7. The maximum absolute atomic E-state index is 12.5. The van der Waals surface area contributed by atoms with Crippen LogP contribution in [-0.2, 0) is 24.3 Å². The molecule has 0 fully saturated rings. The molecule has 0 radical (unpaired) electrons. The van der Waals surface area contributed by atoms with Gasteiger partial charge in [0.2, 0.25) is 15.9 Å². The molecule has 0 spiro atoms. The molecule has 1 aromatic rings. The summed E-state index contributed by atoms with van der Waals surface area (Å²) in [5, 5.41) is 0. The van der Waals surface area contributed by atoms with Gasteiger partial charge in [-0.3, -0.25) is 9.59 Å². The number of esters is 1. The fourth-order valence-electron chi connectivity index (χ4n) is 2.29. The minimum absolute atomic E-state index is 0.0780. The summed E-state index contributed by atoms with van der Waals surface area (Å²) in [7, 11) is -2.85. The Hall–Kier alpha value is -1.93. The van der Waals surface area contributed by atoms with Gasteiger partial charge >= 0.3 is 5.97 Å². The van der Waals surface area contributed by atoms with Gasteiger partial charge < -0.3 is 10.5 Å². The van der Waals surface area contributed by atoms with Crippen LogP contribution in [0.3, 0.4) is 0 Å². The van der Waals surface area contributed by atoms with Crippen LogP contribution in [0, 0.1) is 20.8 Å². The highest BCUT2D eigenvalue weighted by molar-refractivity contribution is 7.89. The highest BCUT2D eigenvalue weighted by atomic mass is 32.2. The van der Waals surface area contributed by atoms with Crippen molar-refractivity contribution < 1.29 is 22.7 Å². The van der Waals surface area contributed by atoms with Crippen molar-refractivity contribution in [2.24, 2.45) is 5.73 Å². The molecule has 0 saturated heterocycles. The molecular formula is C14H20N2O5S. The number of methoxy groups -OCH3 is 1. The smallest absolute Gasteiger partial charge is 0.307 e. The second kappa shape index (κ2) is 6.89. The van der Waals surface area contributed by atoms with Crippen molar-refractivity contribution in [3.63, 3.8) is 0 Å². The first-order valence-electron chi connectivity index (χ1n) is 6.54. The van der Waals surface area contributed by atoms with Gasteiger partial charge in [-0.05, 0) is 31.9 Å². The second-order valence-electron chi connectivity index (χ2n) is 5.08. The van der Waals surface area contributed by atoms with Crippen LogP contribution >= 0.6 is 0 Å². The third-order valence-electron chi connectivity index (χ3n) is 3.11. The normalized spacial score (nSPS) is 12.7. The number of hydrogen-bond acceptors (Lipinski definition) is 5. The molecule has 0 aliphatic heterocycles. The molecule has 1 rings (SSSR count). The first-order chi connectivity index (χ1) is 10.1. The topological polar surface area (TPSA) is 116 Å². The summed E-state index contributed by atoms with van der Waals surface area (Å²) in [6.07, 6.45) is -0.463. The summed E-state index contributed by atoms with van der Waals surface area (Å²) >= 11 is 0. The summed E-state index contributed by atoms with van der Waals surface area (Å²) in [6.45, 7) is 5.18. The maximum Gasteiger partial charge on any atom is 0.307 e. The number of carbonyl (C=O) groups is 2. The molecule has 0 aromatic heterocycles. The molecule has 0 aliphatic carbocycles. The van der Waals surface area contributed by atoms with Crippen LogP contribution in [0.25, 0.3) is 0 Å². The van der Waals surface area contributed by atoms with E-state index in [-0.39, 0.29) is 4.90 Å². The molecule has 3 N–H and O–H groups in total. The SMILES string of the molecule is COC(=O)CC(NS(=O)(=O)c1c(C)cc(C)cc1C)C(N)=O. The van der Waals surface area contributed by atoms with Crippen LogP contribution in [0.15, 0.2) is 17.0 Å². The highest BCUT2D eigenvalue weighted by Crippen LogP contribution is 2.22. The van der Waals surface area contributed by atoms with E-state index in [0.717, 1.165) is 12.7 Å². The first-order valence-corrected chi connectivity index (χ1v) is 8.03. The van der Waals surface area contributed by atoms with E-state index in [1.165, 1.54) is 0 Å². The molecular weight excluding hydrogens is 308 g/mol. The van der Waals surface area contributed by atoms with Gasteiger partial charge in [-0.25, -0.2) is 8.42 Å². The van der Waals surface area contributed by atoms with Gasteiger partial charge in [-0.1, -0.05) is 17.7 Å². The zero-order chi connectivity index (χ0) is 17.1. The lowest BCUT2D eigenvalue weighted by Crippen LogP contribution is -2.46. The molecule has 1 aromatic carbocycles. The van der Waals surface area contributed by atoms with Crippen molar-refractivity contribution in [1.29, 1.82) is 0 Å². The van der Waals surface area contributed by atoms with Crippen LogP contribution in [0.2, 0.25) is 0 Å². The number of aryl methyl sites for hydroxylation is 3. The summed E-state index contributed by atoms with van der Waals surface area (Å²) < 4.78 is 31.6. The number of hydrogen-bond donors (Lipinski definition) is 2. The Labute approximate surface area is 129 Å². The predicted octanol–water partition coefficient (Wildman–Crippen LogP) is 0.307. The molecule has 1 atom stereocenters. The van der Waals surface area contributed by atoms with E-state index in [9.17, 15) is 18.0 Å². The lowest BCUT2D eigenvalue weighted by Gasteiger charge is -2.17. The number of rotatable bonds is 6. The van der Waals surface area contributed by atoms with Crippen molar-refractivity contribution >= 4 is 21.9 Å². The van der Waals surface area contributed by atoms with Crippen LogP contribution < -0.4 is 10.5 Å². The van der Waals surface area contributed by atoms with Crippen LogP contribution in [0.1, 0.15) is 23.1 Å². The standard InChI is InChI=1S/C14H20N2O5S/c1-8-5-9(2)13(10(3)6-8)22(19,20)16-11(14(15)18)7-12(17)21-4/h5-6,11,16H,7H2,1-4H3,(H2,15,18). The first kappa shape index (κ1) is 18.1. The Balaban J connectivity index is 3.19. The van der Waals surface area contributed by atoms with Gasteiger partial charge in [0, 0.05) is 0 Å². The third-order valence-corrected chi connectivity index (χ3v) is 4.89. The van der Waals surface area contributed by atoms with Crippen molar-refractivity contribution in [3.8, 4) is 0 Å². The van der Waals surface area contributed by atoms with E-state index in [0.29, 0.717) is 11.1 Å². The van der Waals surface area contributed by atoms with Crippen LogP contribution in [-0.4, -0.2) is 33.4 Å². The minimum atomic E-state index is -4.00. The maximum atomic E-state index is 12.5. The van der Waals surface area contributed by atoms with E-state index >= 15 is 0 Å². The Morgan fingerprint density at radius 1 is 1.23 bits per heavy atom. The number of primary amides is 1. The lowest BCUT2D eigenvalue weighted by atomic mass is 10.1. The molecule has 0 saturated carbocycles. The number of carbonyl (C=O) groups excluding carboxylic acids is 2. The van der Waals surface area contributed by atoms with Gasteiger partial charge in [0.05, 0.1) is 18.4 Å². The zero-order valence-corrected chi connectivity index (χ0v) is 13.8. The molecule has 7 nitrogen and oxygen atoms in total. The third kappa shape index (κ3) is 4.28. The van der Waals surface area contributed by atoms with E-state index in [1.54, 1.807) is 26.0 Å².